The summed E-state index contributed by atoms with van der Waals surface area (Å²) in [6.07, 6.45) is 7.83. The molecule has 0 saturated carbocycles. The molecular weight excluding hydrogens is 486 g/mol. The number of piperidine rings is 1. The van der Waals surface area contributed by atoms with Gasteiger partial charge in [-0.15, -0.1) is 0 Å². The molecule has 0 radical (unpaired) electrons. The number of furan rings is 1. The Morgan fingerprint density at radius 2 is 1.69 bits per heavy atom. The highest BCUT2D eigenvalue weighted by Crippen LogP contribution is 2.29. The van der Waals surface area contributed by atoms with Gasteiger partial charge < -0.3 is 23.7 Å². The highest BCUT2D eigenvalue weighted by molar-refractivity contribution is 5.55. The molecule has 39 heavy (non-hydrogen) atoms. The van der Waals surface area contributed by atoms with Gasteiger partial charge in [0.2, 0.25) is 0 Å². The van der Waals surface area contributed by atoms with E-state index in [1.165, 1.54) is 11.3 Å². The smallest absolute Gasteiger partial charge is 0.161 e. The largest absolute Gasteiger partial charge is 0.493 e. The van der Waals surface area contributed by atoms with Gasteiger partial charge in [0.1, 0.15) is 11.5 Å². The predicted molar refractivity (Wildman–Crippen MR) is 161 cm³/mol. The van der Waals surface area contributed by atoms with Crippen LogP contribution in [0.15, 0.2) is 65.2 Å². The molecule has 2 aromatic carbocycles. The van der Waals surface area contributed by atoms with Gasteiger partial charge in [-0.25, -0.2) is 0 Å². The second-order valence-corrected chi connectivity index (χ2v) is 10.9. The highest BCUT2D eigenvalue weighted by atomic mass is 16.5. The van der Waals surface area contributed by atoms with Crippen molar-refractivity contribution in [1.82, 2.24) is 9.80 Å². The monoisotopic (exact) mass is 531 g/mol. The Kier molecular flexibility index (Phi) is 9.99. The van der Waals surface area contributed by atoms with Crippen molar-refractivity contribution in [3.05, 3.63) is 83.4 Å². The van der Waals surface area contributed by atoms with Gasteiger partial charge in [0, 0.05) is 57.9 Å². The quantitative estimate of drug-likeness (QED) is 0.256. The molecule has 6 heteroatoms. The molecule has 0 aliphatic carbocycles. The van der Waals surface area contributed by atoms with Gasteiger partial charge in [-0.05, 0) is 86.0 Å². The summed E-state index contributed by atoms with van der Waals surface area (Å²) in [5.74, 6) is 3.93. The highest BCUT2D eigenvalue weighted by Gasteiger charge is 2.24. The topological polar surface area (TPSA) is 41.3 Å². The zero-order valence-corrected chi connectivity index (χ0v) is 24.5. The molecule has 4 rings (SSSR count). The van der Waals surface area contributed by atoms with Gasteiger partial charge in [0.25, 0.3) is 0 Å². The molecule has 0 bridgehead atoms. The van der Waals surface area contributed by atoms with E-state index in [0.29, 0.717) is 12.0 Å². The first-order valence-corrected chi connectivity index (χ1v) is 14.1. The molecule has 1 unspecified atom stereocenters. The van der Waals surface area contributed by atoms with Gasteiger partial charge in [0.15, 0.2) is 11.5 Å². The number of rotatable bonds is 12. The number of ether oxygens (including phenoxy) is 2. The number of hydrogen-bond acceptors (Lipinski definition) is 6. The van der Waals surface area contributed by atoms with Crippen molar-refractivity contribution in [2.24, 2.45) is 0 Å². The van der Waals surface area contributed by atoms with E-state index in [1.807, 2.05) is 19.1 Å². The maximum absolute atomic E-state index is 5.92. The van der Waals surface area contributed by atoms with Crippen molar-refractivity contribution in [1.29, 1.82) is 0 Å². The molecule has 1 aliphatic rings. The van der Waals surface area contributed by atoms with Crippen LogP contribution in [0, 0.1) is 6.92 Å². The van der Waals surface area contributed by atoms with Gasteiger partial charge in [0.05, 0.1) is 14.2 Å². The van der Waals surface area contributed by atoms with Crippen molar-refractivity contribution in [3.63, 3.8) is 0 Å². The second-order valence-electron chi connectivity index (χ2n) is 10.9. The van der Waals surface area contributed by atoms with Crippen LogP contribution in [0.25, 0.3) is 6.08 Å². The zero-order valence-electron chi connectivity index (χ0n) is 24.5. The van der Waals surface area contributed by atoms with Crippen LogP contribution in [0.2, 0.25) is 0 Å². The van der Waals surface area contributed by atoms with Crippen LogP contribution in [0.5, 0.6) is 11.5 Å². The molecule has 1 aromatic heterocycles. The first kappa shape index (κ1) is 28.6. The first-order chi connectivity index (χ1) is 18.9. The van der Waals surface area contributed by atoms with E-state index >= 15 is 0 Å². The van der Waals surface area contributed by atoms with Gasteiger partial charge >= 0.3 is 0 Å². The maximum Gasteiger partial charge on any atom is 0.161 e. The molecule has 210 valence electrons. The third kappa shape index (κ3) is 7.82. The molecular formula is C33H45N3O3. The van der Waals surface area contributed by atoms with Crippen molar-refractivity contribution >= 4 is 11.8 Å². The molecule has 6 nitrogen and oxygen atoms in total. The van der Waals surface area contributed by atoms with Crippen LogP contribution in [0.1, 0.15) is 54.8 Å². The fourth-order valence-electron chi connectivity index (χ4n) is 5.29. The van der Waals surface area contributed by atoms with E-state index in [-0.39, 0.29) is 0 Å². The van der Waals surface area contributed by atoms with E-state index in [4.69, 9.17) is 13.9 Å². The Bertz CT molecular complexity index is 1190. The Balaban J connectivity index is 1.41. The van der Waals surface area contributed by atoms with Crippen LogP contribution in [-0.2, 0) is 6.54 Å². The number of methoxy groups -OCH3 is 2. The summed E-state index contributed by atoms with van der Waals surface area (Å²) in [4.78, 5) is 7.28. The molecule has 1 fully saturated rings. The van der Waals surface area contributed by atoms with E-state index in [2.05, 4.69) is 90.5 Å². The molecule has 1 aliphatic heterocycles. The molecule has 1 atom stereocenters. The number of benzene rings is 2. The Hall–Kier alpha value is -3.38. The van der Waals surface area contributed by atoms with E-state index in [1.54, 1.807) is 14.2 Å². The average molecular weight is 532 g/mol. The predicted octanol–water partition coefficient (Wildman–Crippen LogP) is 6.80. The van der Waals surface area contributed by atoms with E-state index < -0.39 is 0 Å². The van der Waals surface area contributed by atoms with Crippen LogP contribution < -0.4 is 14.4 Å². The maximum atomic E-state index is 5.92. The summed E-state index contributed by atoms with van der Waals surface area (Å²) in [5.41, 5.74) is 3.73. The Labute approximate surface area is 234 Å². The minimum atomic E-state index is 0.376. The average Bonchev–Trinajstić information content (AvgIpc) is 3.40. The third-order valence-electron chi connectivity index (χ3n) is 7.82. The minimum absolute atomic E-state index is 0.376. The molecule has 3 aromatic rings. The van der Waals surface area contributed by atoms with Gasteiger partial charge in [-0.1, -0.05) is 25.1 Å². The normalized spacial score (nSPS) is 15.4. The standard InChI is InChI=1S/C33H45N3O3/c1-25(31-13-7-26(2)39-31)15-21-36(22-16-27-10-14-32(37-5)33(23-27)38-6)30-17-19-35(20-18-30)24-28-8-11-29(12-9-28)34(3)4/h7-14,16,22-23,25,30H,15,17-21,24H2,1-6H3. The lowest BCUT2D eigenvalue weighted by Crippen LogP contribution is -2.43. The zero-order chi connectivity index (χ0) is 27.8. The number of hydrogen-bond donors (Lipinski definition) is 0. The summed E-state index contributed by atoms with van der Waals surface area (Å²) in [6, 6.07) is 19.7. The summed E-state index contributed by atoms with van der Waals surface area (Å²) in [7, 11) is 7.52. The van der Waals surface area contributed by atoms with E-state index in [0.717, 1.165) is 74.0 Å². The lowest BCUT2D eigenvalue weighted by atomic mass is 10.00. The van der Waals surface area contributed by atoms with Crippen LogP contribution >= 0.6 is 0 Å². The number of aryl methyl sites for hydroxylation is 1. The van der Waals surface area contributed by atoms with Gasteiger partial charge in [-0.3, -0.25) is 4.90 Å². The van der Waals surface area contributed by atoms with Crippen molar-refractivity contribution < 1.29 is 13.9 Å². The van der Waals surface area contributed by atoms with Gasteiger partial charge in [-0.2, -0.15) is 0 Å². The van der Waals surface area contributed by atoms with Crippen molar-refractivity contribution in [2.45, 2.75) is 51.6 Å². The molecule has 1 saturated heterocycles. The fraction of sp³-hybridized carbons (Fsp3) is 0.455. The molecule has 0 N–H and O–H groups in total. The van der Waals surface area contributed by atoms with Crippen molar-refractivity contribution in [2.75, 3.05) is 52.8 Å². The number of anilines is 1. The summed E-state index contributed by atoms with van der Waals surface area (Å²) in [5, 5.41) is 0. The van der Waals surface area contributed by atoms with Crippen LogP contribution in [-0.4, -0.2) is 63.8 Å². The Morgan fingerprint density at radius 3 is 2.31 bits per heavy atom. The first-order valence-electron chi connectivity index (χ1n) is 14.1. The third-order valence-corrected chi connectivity index (χ3v) is 7.82. The number of likely N-dealkylation sites (tertiary alicyclic amines) is 1. The lowest BCUT2D eigenvalue weighted by molar-refractivity contribution is 0.134. The minimum Gasteiger partial charge on any atom is -0.493 e. The number of nitrogens with zero attached hydrogens (tertiary/aromatic N) is 3. The molecule has 0 amide bonds. The molecule has 0 spiro atoms. The fourth-order valence-corrected chi connectivity index (χ4v) is 5.29. The lowest BCUT2D eigenvalue weighted by Gasteiger charge is -2.38. The van der Waals surface area contributed by atoms with Crippen molar-refractivity contribution in [3.8, 4) is 11.5 Å². The second kappa shape index (κ2) is 13.6. The Morgan fingerprint density at radius 1 is 0.974 bits per heavy atom. The summed E-state index contributed by atoms with van der Waals surface area (Å²) >= 11 is 0. The van der Waals surface area contributed by atoms with Crippen LogP contribution in [0.4, 0.5) is 5.69 Å². The van der Waals surface area contributed by atoms with Crippen LogP contribution in [0.3, 0.4) is 0 Å². The SMILES string of the molecule is COc1ccc(C=CN(CCC(C)c2ccc(C)o2)C2CCN(Cc3ccc(N(C)C)cc3)CC2)cc1OC. The van der Waals surface area contributed by atoms with E-state index in [9.17, 15) is 0 Å². The summed E-state index contributed by atoms with van der Waals surface area (Å²) in [6.45, 7) is 8.48. The summed E-state index contributed by atoms with van der Waals surface area (Å²) < 4.78 is 16.9. The molecule has 2 heterocycles.